The highest BCUT2D eigenvalue weighted by atomic mass is 16.3. The molecule has 0 bridgehead atoms. The van der Waals surface area contributed by atoms with Gasteiger partial charge in [-0.15, -0.1) is 0 Å². The lowest BCUT2D eigenvalue weighted by molar-refractivity contribution is 0.282. The van der Waals surface area contributed by atoms with E-state index in [1.54, 1.807) is 12.1 Å². The number of phenols is 1. The Bertz CT molecular complexity index is 585. The largest absolute Gasteiger partial charge is 0.507 e. The summed E-state index contributed by atoms with van der Waals surface area (Å²) in [6, 6.07) is 14.2. The molecule has 0 saturated carbocycles. The van der Waals surface area contributed by atoms with Crippen molar-refractivity contribution in [3.05, 3.63) is 53.6 Å². The summed E-state index contributed by atoms with van der Waals surface area (Å²) in [4.78, 5) is 0. The van der Waals surface area contributed by atoms with Gasteiger partial charge < -0.3 is 10.2 Å². The molecule has 0 saturated heterocycles. The Morgan fingerprint density at radius 2 is 1.82 bits per heavy atom. The summed E-state index contributed by atoms with van der Waals surface area (Å²) in [7, 11) is 0. The Labute approximate surface area is 99.2 Å². The van der Waals surface area contributed by atoms with Crippen molar-refractivity contribution in [3.8, 4) is 22.9 Å². The predicted molar refractivity (Wildman–Crippen MR) is 64.2 cm³/mol. The van der Waals surface area contributed by atoms with Gasteiger partial charge in [0.1, 0.15) is 11.8 Å². The van der Waals surface area contributed by atoms with E-state index in [0.717, 1.165) is 16.7 Å². The summed E-state index contributed by atoms with van der Waals surface area (Å²) < 4.78 is 0. The normalized spacial score (nSPS) is 9.88. The van der Waals surface area contributed by atoms with Gasteiger partial charge in [-0.2, -0.15) is 5.26 Å². The molecule has 2 aromatic carbocycles. The topological polar surface area (TPSA) is 64.2 Å². The quantitative estimate of drug-likeness (QED) is 0.824. The molecular formula is C14H11NO2. The Kier molecular flexibility index (Phi) is 3.08. The molecule has 0 unspecified atom stereocenters. The first-order valence-corrected chi connectivity index (χ1v) is 5.18. The second-order valence-corrected chi connectivity index (χ2v) is 3.70. The van der Waals surface area contributed by atoms with E-state index in [-0.39, 0.29) is 17.9 Å². The minimum Gasteiger partial charge on any atom is -0.507 e. The summed E-state index contributed by atoms with van der Waals surface area (Å²) in [5.74, 6) is -0.0189. The molecule has 17 heavy (non-hydrogen) atoms. The molecule has 0 aliphatic carbocycles. The minimum atomic E-state index is -0.0189. The van der Waals surface area contributed by atoms with Gasteiger partial charge >= 0.3 is 0 Å². The van der Waals surface area contributed by atoms with Crippen LogP contribution in [0.3, 0.4) is 0 Å². The van der Waals surface area contributed by atoms with Gasteiger partial charge in [-0.05, 0) is 34.9 Å². The first kappa shape index (κ1) is 11.2. The van der Waals surface area contributed by atoms with Crippen LogP contribution in [0, 0.1) is 11.3 Å². The van der Waals surface area contributed by atoms with Crippen molar-refractivity contribution >= 4 is 0 Å². The second kappa shape index (κ2) is 4.69. The van der Waals surface area contributed by atoms with E-state index in [1.165, 1.54) is 6.07 Å². The van der Waals surface area contributed by atoms with E-state index in [0.29, 0.717) is 0 Å². The summed E-state index contributed by atoms with van der Waals surface area (Å²) in [6.45, 7) is -0.0168. The van der Waals surface area contributed by atoms with Crippen molar-refractivity contribution in [2.24, 2.45) is 0 Å². The summed E-state index contributed by atoms with van der Waals surface area (Å²) in [6.07, 6.45) is 0. The summed E-state index contributed by atoms with van der Waals surface area (Å²) in [5, 5.41) is 27.3. The fourth-order valence-electron chi connectivity index (χ4n) is 1.65. The molecule has 0 fully saturated rings. The van der Waals surface area contributed by atoms with E-state index in [1.807, 2.05) is 30.3 Å². The fourth-order valence-corrected chi connectivity index (χ4v) is 1.65. The summed E-state index contributed by atoms with van der Waals surface area (Å²) in [5.41, 5.74) is 2.81. The first-order chi connectivity index (χ1) is 8.24. The van der Waals surface area contributed by atoms with Gasteiger partial charge in [0.15, 0.2) is 0 Å². The molecule has 3 heteroatoms. The number of aliphatic hydroxyl groups is 1. The molecule has 0 aromatic heterocycles. The highest BCUT2D eigenvalue weighted by molar-refractivity contribution is 5.67. The van der Waals surface area contributed by atoms with Crippen LogP contribution in [0.2, 0.25) is 0 Å². The fraction of sp³-hybridized carbons (Fsp3) is 0.0714. The van der Waals surface area contributed by atoms with Crippen LogP contribution in [0.4, 0.5) is 0 Å². The van der Waals surface area contributed by atoms with Gasteiger partial charge in [0.2, 0.25) is 0 Å². The van der Waals surface area contributed by atoms with E-state index in [4.69, 9.17) is 10.4 Å². The van der Waals surface area contributed by atoms with Crippen LogP contribution in [-0.2, 0) is 6.61 Å². The van der Waals surface area contributed by atoms with Crippen molar-refractivity contribution in [3.63, 3.8) is 0 Å². The molecule has 0 aliphatic heterocycles. The van der Waals surface area contributed by atoms with Gasteiger partial charge in [0.05, 0.1) is 12.2 Å². The molecule has 84 valence electrons. The smallest absolute Gasteiger partial charge is 0.133 e. The maximum absolute atomic E-state index is 9.42. The average molecular weight is 225 g/mol. The second-order valence-electron chi connectivity index (χ2n) is 3.70. The maximum atomic E-state index is 9.42. The van der Waals surface area contributed by atoms with E-state index >= 15 is 0 Å². The van der Waals surface area contributed by atoms with Crippen LogP contribution in [0.5, 0.6) is 5.75 Å². The predicted octanol–water partition coefficient (Wildman–Crippen LogP) is 2.42. The van der Waals surface area contributed by atoms with E-state index in [2.05, 4.69) is 0 Å². The molecule has 2 rings (SSSR count). The molecule has 2 N–H and O–H groups in total. The molecule has 0 heterocycles. The Morgan fingerprint density at radius 3 is 2.53 bits per heavy atom. The van der Waals surface area contributed by atoms with Crippen LogP contribution in [-0.4, -0.2) is 10.2 Å². The maximum Gasteiger partial charge on any atom is 0.133 e. The Hall–Kier alpha value is -2.31. The van der Waals surface area contributed by atoms with Crippen LogP contribution in [0.15, 0.2) is 42.5 Å². The first-order valence-electron chi connectivity index (χ1n) is 5.18. The Morgan fingerprint density at radius 1 is 1.06 bits per heavy atom. The lowest BCUT2D eigenvalue weighted by Gasteiger charge is -2.05. The molecule has 0 spiro atoms. The van der Waals surface area contributed by atoms with Crippen molar-refractivity contribution in [2.45, 2.75) is 6.61 Å². The number of hydrogen-bond donors (Lipinski definition) is 2. The number of phenolic OH excluding ortho intramolecular Hbond substituents is 1. The SMILES string of the molecule is N#Cc1cc(-c2cccc(CO)c2)ccc1O. The number of rotatable bonds is 2. The van der Waals surface area contributed by atoms with Crippen LogP contribution >= 0.6 is 0 Å². The third kappa shape index (κ3) is 2.27. The zero-order valence-electron chi connectivity index (χ0n) is 9.09. The van der Waals surface area contributed by atoms with Crippen molar-refractivity contribution in [1.29, 1.82) is 5.26 Å². The number of benzene rings is 2. The monoisotopic (exact) mass is 225 g/mol. The van der Waals surface area contributed by atoms with Crippen LogP contribution < -0.4 is 0 Å². The molecule has 0 amide bonds. The number of nitriles is 1. The van der Waals surface area contributed by atoms with Crippen molar-refractivity contribution in [1.82, 2.24) is 0 Å². The zero-order valence-corrected chi connectivity index (χ0v) is 9.09. The molecular weight excluding hydrogens is 214 g/mol. The highest BCUT2D eigenvalue weighted by Gasteiger charge is 2.04. The van der Waals surface area contributed by atoms with Gasteiger partial charge in [-0.1, -0.05) is 24.3 Å². The van der Waals surface area contributed by atoms with Gasteiger partial charge in [0.25, 0.3) is 0 Å². The Balaban J connectivity index is 2.49. The third-order valence-corrected chi connectivity index (χ3v) is 2.56. The molecule has 2 aromatic rings. The summed E-state index contributed by atoms with van der Waals surface area (Å²) >= 11 is 0. The van der Waals surface area contributed by atoms with Gasteiger partial charge in [0, 0.05) is 0 Å². The number of aromatic hydroxyl groups is 1. The molecule has 3 nitrogen and oxygen atoms in total. The molecule has 0 aliphatic rings. The van der Waals surface area contributed by atoms with Gasteiger partial charge in [-0.25, -0.2) is 0 Å². The number of hydrogen-bond acceptors (Lipinski definition) is 3. The lowest BCUT2D eigenvalue weighted by Crippen LogP contribution is -1.85. The lowest BCUT2D eigenvalue weighted by atomic mass is 10.0. The van der Waals surface area contributed by atoms with Gasteiger partial charge in [-0.3, -0.25) is 0 Å². The van der Waals surface area contributed by atoms with E-state index in [9.17, 15) is 5.11 Å². The number of aliphatic hydroxyl groups excluding tert-OH is 1. The molecule has 0 atom stereocenters. The highest BCUT2D eigenvalue weighted by Crippen LogP contribution is 2.26. The van der Waals surface area contributed by atoms with Crippen molar-refractivity contribution < 1.29 is 10.2 Å². The zero-order chi connectivity index (χ0) is 12.3. The number of nitrogens with zero attached hydrogens (tertiary/aromatic N) is 1. The third-order valence-electron chi connectivity index (χ3n) is 2.56. The average Bonchev–Trinajstić information content (AvgIpc) is 2.39. The van der Waals surface area contributed by atoms with Crippen LogP contribution in [0.25, 0.3) is 11.1 Å². The van der Waals surface area contributed by atoms with Crippen molar-refractivity contribution in [2.75, 3.05) is 0 Å². The minimum absolute atomic E-state index is 0.0168. The van der Waals surface area contributed by atoms with E-state index < -0.39 is 0 Å². The molecule has 0 radical (unpaired) electrons. The standard InChI is InChI=1S/C14H11NO2/c15-8-13-7-12(4-5-14(13)17)11-3-1-2-10(6-11)9-16/h1-7,16-17H,9H2. The van der Waals surface area contributed by atoms with Crippen LogP contribution in [0.1, 0.15) is 11.1 Å².